The summed E-state index contributed by atoms with van der Waals surface area (Å²) in [6.07, 6.45) is -0.808. The monoisotopic (exact) mass is 419 g/mol. The van der Waals surface area contributed by atoms with Crippen LogP contribution in [0.5, 0.6) is 5.75 Å². The number of halogens is 2. The molecule has 1 unspecified atom stereocenters. The minimum Gasteiger partial charge on any atom is -0.505 e. The van der Waals surface area contributed by atoms with Crippen molar-refractivity contribution in [2.24, 2.45) is 0 Å². The number of aliphatic hydroxyl groups is 1. The summed E-state index contributed by atoms with van der Waals surface area (Å²) in [6, 6.07) is 19.0. The molecule has 0 heterocycles. The predicted octanol–water partition coefficient (Wildman–Crippen LogP) is 6.52. The fourth-order valence-electron chi connectivity index (χ4n) is 2.64. The Labute approximate surface area is 173 Å². The molecule has 6 heteroatoms. The molecule has 0 fully saturated rings. The zero-order chi connectivity index (χ0) is 19.4. The quantitative estimate of drug-likeness (QED) is 0.398. The van der Waals surface area contributed by atoms with Gasteiger partial charge in [-0.05, 0) is 55.0 Å². The summed E-state index contributed by atoms with van der Waals surface area (Å²) in [4.78, 5) is 2.19. The largest absolute Gasteiger partial charge is 0.505 e. The highest BCUT2D eigenvalue weighted by molar-refractivity contribution is 7.99. The first-order valence-electron chi connectivity index (χ1n) is 8.39. The Morgan fingerprint density at radius 2 is 1.70 bits per heavy atom. The Morgan fingerprint density at radius 1 is 1.00 bits per heavy atom. The molecule has 0 saturated heterocycles. The number of rotatable bonds is 6. The van der Waals surface area contributed by atoms with E-state index in [0.29, 0.717) is 27.8 Å². The first kappa shape index (κ1) is 19.9. The molecular weight excluding hydrogens is 401 g/mol. The van der Waals surface area contributed by atoms with Crippen LogP contribution >= 0.6 is 35.0 Å². The van der Waals surface area contributed by atoms with Crippen LogP contribution in [-0.2, 0) is 6.54 Å². The van der Waals surface area contributed by atoms with Crippen molar-refractivity contribution in [2.45, 2.75) is 29.4 Å². The molecule has 1 atom stereocenters. The lowest BCUT2D eigenvalue weighted by Gasteiger charge is -2.16. The standard InChI is InChI=1S/C21H19Cl2NO2S/c1-13(25)18-10-16(23)11-19(21(18)26)24-12-14-4-2-3-5-20(14)27-17-8-6-15(22)7-9-17/h2-11,13,24-26H,12H2,1H3. The molecule has 0 spiro atoms. The molecule has 3 aromatic carbocycles. The number of aromatic hydroxyl groups is 1. The molecule has 27 heavy (non-hydrogen) atoms. The van der Waals surface area contributed by atoms with E-state index in [1.54, 1.807) is 30.8 Å². The zero-order valence-electron chi connectivity index (χ0n) is 14.6. The van der Waals surface area contributed by atoms with E-state index >= 15 is 0 Å². The van der Waals surface area contributed by atoms with Crippen LogP contribution in [0.25, 0.3) is 0 Å². The zero-order valence-corrected chi connectivity index (χ0v) is 16.9. The Balaban J connectivity index is 1.80. The van der Waals surface area contributed by atoms with E-state index in [1.807, 2.05) is 42.5 Å². The molecule has 3 aromatic rings. The van der Waals surface area contributed by atoms with Crippen LogP contribution in [0.1, 0.15) is 24.2 Å². The number of anilines is 1. The molecule has 0 aliphatic carbocycles. The SMILES string of the molecule is CC(O)c1cc(Cl)cc(NCc2ccccc2Sc2ccc(Cl)cc2)c1O. The number of hydrogen-bond acceptors (Lipinski definition) is 4. The van der Waals surface area contributed by atoms with E-state index in [4.69, 9.17) is 23.2 Å². The lowest BCUT2D eigenvalue weighted by Crippen LogP contribution is -2.03. The third-order valence-electron chi connectivity index (χ3n) is 4.04. The summed E-state index contributed by atoms with van der Waals surface area (Å²) in [6.45, 7) is 2.09. The minimum atomic E-state index is -0.808. The highest BCUT2D eigenvalue weighted by Gasteiger charge is 2.14. The second kappa shape index (κ2) is 8.89. The molecule has 0 aromatic heterocycles. The van der Waals surface area contributed by atoms with Gasteiger partial charge in [-0.1, -0.05) is 53.2 Å². The van der Waals surface area contributed by atoms with E-state index in [-0.39, 0.29) is 5.75 Å². The third kappa shape index (κ3) is 5.11. The number of phenols is 1. The Bertz CT molecular complexity index is 930. The van der Waals surface area contributed by atoms with Crippen LogP contribution in [0.4, 0.5) is 5.69 Å². The van der Waals surface area contributed by atoms with E-state index in [1.165, 1.54) is 0 Å². The van der Waals surface area contributed by atoms with Crippen molar-refractivity contribution in [1.82, 2.24) is 0 Å². The van der Waals surface area contributed by atoms with Crippen molar-refractivity contribution in [3.8, 4) is 5.75 Å². The van der Waals surface area contributed by atoms with Gasteiger partial charge in [-0.15, -0.1) is 0 Å². The van der Waals surface area contributed by atoms with Gasteiger partial charge >= 0.3 is 0 Å². The number of hydrogen-bond donors (Lipinski definition) is 3. The molecule has 3 nitrogen and oxygen atoms in total. The van der Waals surface area contributed by atoms with E-state index in [2.05, 4.69) is 11.4 Å². The molecular formula is C21H19Cl2NO2S. The highest BCUT2D eigenvalue weighted by atomic mass is 35.5. The maximum atomic E-state index is 10.4. The van der Waals surface area contributed by atoms with Crippen molar-refractivity contribution < 1.29 is 10.2 Å². The second-order valence-corrected chi connectivity index (χ2v) is 8.07. The topological polar surface area (TPSA) is 52.5 Å². The van der Waals surface area contributed by atoms with Gasteiger partial charge in [0.2, 0.25) is 0 Å². The summed E-state index contributed by atoms with van der Waals surface area (Å²) in [5.41, 5.74) is 1.97. The summed E-state index contributed by atoms with van der Waals surface area (Å²) in [5, 5.41) is 24.6. The van der Waals surface area contributed by atoms with Crippen LogP contribution < -0.4 is 5.32 Å². The molecule has 0 radical (unpaired) electrons. The molecule has 0 amide bonds. The van der Waals surface area contributed by atoms with Gasteiger partial charge in [0.15, 0.2) is 0 Å². The Hall–Kier alpha value is -1.85. The molecule has 140 valence electrons. The van der Waals surface area contributed by atoms with Crippen molar-refractivity contribution >= 4 is 40.7 Å². The van der Waals surface area contributed by atoms with Crippen molar-refractivity contribution in [2.75, 3.05) is 5.32 Å². The Kier molecular flexibility index (Phi) is 6.55. The first-order valence-corrected chi connectivity index (χ1v) is 9.97. The van der Waals surface area contributed by atoms with Gasteiger partial charge < -0.3 is 15.5 Å². The van der Waals surface area contributed by atoms with Gasteiger partial charge in [-0.2, -0.15) is 0 Å². The van der Waals surface area contributed by atoms with Crippen LogP contribution in [0.3, 0.4) is 0 Å². The maximum Gasteiger partial charge on any atom is 0.144 e. The normalized spacial score (nSPS) is 12.0. The van der Waals surface area contributed by atoms with Gasteiger partial charge in [0, 0.05) is 31.9 Å². The average molecular weight is 420 g/mol. The Morgan fingerprint density at radius 3 is 2.41 bits per heavy atom. The van der Waals surface area contributed by atoms with Gasteiger partial charge in [-0.3, -0.25) is 0 Å². The van der Waals surface area contributed by atoms with E-state index in [0.717, 1.165) is 15.4 Å². The van der Waals surface area contributed by atoms with Crippen molar-refractivity contribution in [1.29, 1.82) is 0 Å². The first-order chi connectivity index (χ1) is 12.9. The average Bonchev–Trinajstić information content (AvgIpc) is 2.65. The smallest absolute Gasteiger partial charge is 0.144 e. The molecule has 0 bridgehead atoms. The van der Waals surface area contributed by atoms with Crippen LogP contribution in [0.15, 0.2) is 70.5 Å². The van der Waals surface area contributed by atoms with Gasteiger partial charge in [0.25, 0.3) is 0 Å². The number of nitrogens with one attached hydrogen (secondary N) is 1. The van der Waals surface area contributed by atoms with Crippen LogP contribution in [-0.4, -0.2) is 10.2 Å². The number of aliphatic hydroxyl groups excluding tert-OH is 1. The van der Waals surface area contributed by atoms with Crippen molar-refractivity contribution in [3.05, 3.63) is 81.8 Å². The number of benzene rings is 3. The van der Waals surface area contributed by atoms with E-state index < -0.39 is 6.10 Å². The minimum absolute atomic E-state index is 0.0113. The van der Waals surface area contributed by atoms with Crippen molar-refractivity contribution in [3.63, 3.8) is 0 Å². The van der Waals surface area contributed by atoms with Gasteiger partial charge in [-0.25, -0.2) is 0 Å². The maximum absolute atomic E-state index is 10.4. The molecule has 0 aliphatic heterocycles. The highest BCUT2D eigenvalue weighted by Crippen LogP contribution is 2.36. The summed E-state index contributed by atoms with van der Waals surface area (Å²) in [7, 11) is 0. The fourth-order valence-corrected chi connectivity index (χ4v) is 3.94. The predicted molar refractivity (Wildman–Crippen MR) is 113 cm³/mol. The fraction of sp³-hybridized carbons (Fsp3) is 0.143. The lowest BCUT2D eigenvalue weighted by molar-refractivity contribution is 0.195. The summed E-state index contributed by atoms with van der Waals surface area (Å²) >= 11 is 13.7. The summed E-state index contributed by atoms with van der Waals surface area (Å²) < 4.78 is 0. The lowest BCUT2D eigenvalue weighted by atomic mass is 10.1. The number of phenolic OH excluding ortho intramolecular Hbond substituents is 1. The van der Waals surface area contributed by atoms with Crippen LogP contribution in [0.2, 0.25) is 10.0 Å². The molecule has 0 aliphatic rings. The molecule has 0 saturated carbocycles. The van der Waals surface area contributed by atoms with E-state index in [9.17, 15) is 10.2 Å². The molecule has 3 rings (SSSR count). The second-order valence-electron chi connectivity index (χ2n) is 6.08. The van der Waals surface area contributed by atoms with Gasteiger partial charge in [0.1, 0.15) is 5.75 Å². The summed E-state index contributed by atoms with van der Waals surface area (Å²) in [5.74, 6) is 0.0113. The third-order valence-corrected chi connectivity index (χ3v) is 5.63. The molecule has 3 N–H and O–H groups in total. The van der Waals surface area contributed by atoms with Gasteiger partial charge in [0.05, 0.1) is 11.8 Å². The van der Waals surface area contributed by atoms with Crippen LogP contribution in [0, 0.1) is 0 Å².